The monoisotopic (exact) mass is 261 g/mol. The van der Waals surface area contributed by atoms with Gasteiger partial charge in [-0.15, -0.1) is 0 Å². The number of benzene rings is 1. The van der Waals surface area contributed by atoms with E-state index in [0.717, 1.165) is 0 Å². The van der Waals surface area contributed by atoms with Crippen LogP contribution in [0, 0.1) is 5.82 Å². The fourth-order valence-electron chi connectivity index (χ4n) is 1.22. The fourth-order valence-corrected chi connectivity index (χ4v) is 1.41. The van der Waals surface area contributed by atoms with Crippen LogP contribution >= 0.6 is 11.6 Å². The van der Waals surface area contributed by atoms with E-state index in [2.05, 4.69) is 5.32 Å². The molecule has 0 aliphatic heterocycles. The predicted octanol–water partition coefficient (Wildman–Crippen LogP) is 2.68. The van der Waals surface area contributed by atoms with E-state index < -0.39 is 6.10 Å². The Labute approximate surface area is 106 Å². The number of halogens is 2. The average molecular weight is 262 g/mol. The molecule has 0 aromatic heterocycles. The molecule has 0 aliphatic rings. The standard InChI is InChI=1S/C12H17ClFNO2/c1-8(2)17-7-10(16)6-15-12-5-9(14)3-4-11(12)13/h3-5,8,10,15-16H,6-7H2,1-2H3. The van der Waals surface area contributed by atoms with E-state index in [9.17, 15) is 9.50 Å². The molecule has 0 spiro atoms. The van der Waals surface area contributed by atoms with Gasteiger partial charge in [-0.3, -0.25) is 0 Å². The number of aliphatic hydroxyl groups is 1. The fraction of sp³-hybridized carbons (Fsp3) is 0.500. The molecule has 3 nitrogen and oxygen atoms in total. The second-order valence-corrected chi connectivity index (χ2v) is 4.45. The van der Waals surface area contributed by atoms with Crippen LogP contribution in [-0.2, 0) is 4.74 Å². The third-order valence-corrected chi connectivity index (χ3v) is 2.41. The molecule has 0 amide bonds. The van der Waals surface area contributed by atoms with E-state index >= 15 is 0 Å². The smallest absolute Gasteiger partial charge is 0.125 e. The van der Waals surface area contributed by atoms with Crippen LogP contribution in [0.15, 0.2) is 18.2 Å². The summed E-state index contributed by atoms with van der Waals surface area (Å²) in [4.78, 5) is 0. The van der Waals surface area contributed by atoms with Crippen molar-refractivity contribution in [1.82, 2.24) is 0 Å². The van der Waals surface area contributed by atoms with E-state index in [0.29, 0.717) is 10.7 Å². The third-order valence-electron chi connectivity index (χ3n) is 2.08. The van der Waals surface area contributed by atoms with E-state index in [4.69, 9.17) is 16.3 Å². The first-order valence-corrected chi connectivity index (χ1v) is 5.85. The number of rotatable bonds is 6. The Balaban J connectivity index is 2.41. The van der Waals surface area contributed by atoms with Gasteiger partial charge in [-0.05, 0) is 32.0 Å². The molecule has 0 heterocycles. The van der Waals surface area contributed by atoms with Gasteiger partial charge in [0.15, 0.2) is 0 Å². The molecule has 1 aromatic rings. The lowest BCUT2D eigenvalue weighted by atomic mass is 10.3. The van der Waals surface area contributed by atoms with Crippen LogP contribution in [0.25, 0.3) is 0 Å². The highest BCUT2D eigenvalue weighted by Gasteiger charge is 2.07. The van der Waals surface area contributed by atoms with Crippen molar-refractivity contribution in [1.29, 1.82) is 0 Å². The Morgan fingerprint density at radius 1 is 1.47 bits per heavy atom. The summed E-state index contributed by atoms with van der Waals surface area (Å²) in [6, 6.07) is 4.04. The molecule has 1 rings (SSSR count). The van der Waals surface area contributed by atoms with Gasteiger partial charge in [-0.1, -0.05) is 11.6 Å². The SMILES string of the molecule is CC(C)OCC(O)CNc1cc(F)ccc1Cl. The first kappa shape index (κ1) is 14.2. The van der Waals surface area contributed by atoms with Crippen LogP contribution in [0.5, 0.6) is 0 Å². The second-order valence-electron chi connectivity index (χ2n) is 4.04. The van der Waals surface area contributed by atoms with Crippen molar-refractivity contribution >= 4 is 17.3 Å². The lowest BCUT2D eigenvalue weighted by molar-refractivity contribution is 0.0112. The summed E-state index contributed by atoms with van der Waals surface area (Å²) in [5.74, 6) is -0.371. The van der Waals surface area contributed by atoms with E-state index in [1.165, 1.54) is 18.2 Å². The molecule has 0 saturated heterocycles. The average Bonchev–Trinajstić information content (AvgIpc) is 2.27. The van der Waals surface area contributed by atoms with Crippen molar-refractivity contribution in [3.63, 3.8) is 0 Å². The van der Waals surface area contributed by atoms with Crippen molar-refractivity contribution in [3.8, 4) is 0 Å². The normalized spacial score (nSPS) is 12.8. The summed E-state index contributed by atoms with van der Waals surface area (Å²) in [5, 5.41) is 12.9. The zero-order valence-corrected chi connectivity index (χ0v) is 10.7. The molecule has 1 unspecified atom stereocenters. The molecule has 0 fully saturated rings. The highest BCUT2D eigenvalue weighted by molar-refractivity contribution is 6.33. The summed E-state index contributed by atoms with van der Waals surface area (Å²) in [6.45, 7) is 4.28. The quantitative estimate of drug-likeness (QED) is 0.827. The molecule has 1 aromatic carbocycles. The first-order valence-electron chi connectivity index (χ1n) is 5.47. The van der Waals surface area contributed by atoms with Gasteiger partial charge in [0.2, 0.25) is 0 Å². The summed E-state index contributed by atoms with van der Waals surface area (Å²) < 4.78 is 18.2. The van der Waals surface area contributed by atoms with Crippen LogP contribution in [0.4, 0.5) is 10.1 Å². The van der Waals surface area contributed by atoms with Gasteiger partial charge in [-0.25, -0.2) is 4.39 Å². The lowest BCUT2D eigenvalue weighted by Crippen LogP contribution is -2.26. The number of aliphatic hydroxyl groups excluding tert-OH is 1. The highest BCUT2D eigenvalue weighted by atomic mass is 35.5. The Morgan fingerprint density at radius 3 is 2.82 bits per heavy atom. The first-order chi connectivity index (χ1) is 7.99. The van der Waals surface area contributed by atoms with Crippen molar-refractivity contribution in [3.05, 3.63) is 29.0 Å². The molecule has 0 bridgehead atoms. The molecule has 0 saturated carbocycles. The van der Waals surface area contributed by atoms with Gasteiger partial charge in [-0.2, -0.15) is 0 Å². The summed E-state index contributed by atoms with van der Waals surface area (Å²) >= 11 is 5.87. The maximum Gasteiger partial charge on any atom is 0.125 e. The summed E-state index contributed by atoms with van der Waals surface area (Å²) in [5.41, 5.74) is 0.468. The Bertz CT molecular complexity index is 360. The van der Waals surface area contributed by atoms with Gasteiger partial charge < -0.3 is 15.2 Å². The second kappa shape index (κ2) is 6.79. The summed E-state index contributed by atoms with van der Waals surface area (Å²) in [7, 11) is 0. The van der Waals surface area contributed by atoms with Crippen molar-refractivity contribution < 1.29 is 14.2 Å². The maximum atomic E-state index is 12.9. The Morgan fingerprint density at radius 2 is 2.18 bits per heavy atom. The molecule has 0 aliphatic carbocycles. The van der Waals surface area contributed by atoms with E-state index in [1.807, 2.05) is 13.8 Å². The van der Waals surface area contributed by atoms with Gasteiger partial charge in [0.25, 0.3) is 0 Å². The zero-order chi connectivity index (χ0) is 12.8. The third kappa shape index (κ3) is 5.35. The number of hydrogen-bond acceptors (Lipinski definition) is 3. The molecule has 0 radical (unpaired) electrons. The molecule has 1 atom stereocenters. The van der Waals surface area contributed by atoms with Crippen molar-refractivity contribution in [2.75, 3.05) is 18.5 Å². The minimum Gasteiger partial charge on any atom is -0.389 e. The lowest BCUT2D eigenvalue weighted by Gasteiger charge is -2.15. The number of nitrogens with one attached hydrogen (secondary N) is 1. The minimum atomic E-state index is -0.656. The zero-order valence-electron chi connectivity index (χ0n) is 9.91. The van der Waals surface area contributed by atoms with Crippen molar-refractivity contribution in [2.24, 2.45) is 0 Å². The Hall–Kier alpha value is -0.840. The molecule has 17 heavy (non-hydrogen) atoms. The van der Waals surface area contributed by atoms with Crippen molar-refractivity contribution in [2.45, 2.75) is 26.1 Å². The van der Waals surface area contributed by atoms with E-state index in [1.54, 1.807) is 0 Å². The van der Waals surface area contributed by atoms with Crippen LogP contribution in [-0.4, -0.2) is 30.5 Å². The van der Waals surface area contributed by atoms with Crippen LogP contribution < -0.4 is 5.32 Å². The van der Waals surface area contributed by atoms with Gasteiger partial charge >= 0.3 is 0 Å². The topological polar surface area (TPSA) is 41.5 Å². The minimum absolute atomic E-state index is 0.0717. The van der Waals surface area contributed by atoms with Crippen LogP contribution in [0.2, 0.25) is 5.02 Å². The van der Waals surface area contributed by atoms with Gasteiger partial charge in [0, 0.05) is 6.54 Å². The van der Waals surface area contributed by atoms with Gasteiger partial charge in [0.1, 0.15) is 5.82 Å². The largest absolute Gasteiger partial charge is 0.389 e. The highest BCUT2D eigenvalue weighted by Crippen LogP contribution is 2.22. The molecule has 2 N–H and O–H groups in total. The number of anilines is 1. The predicted molar refractivity (Wildman–Crippen MR) is 67.0 cm³/mol. The van der Waals surface area contributed by atoms with Crippen LogP contribution in [0.3, 0.4) is 0 Å². The summed E-state index contributed by atoms with van der Waals surface area (Å²) in [6.07, 6.45) is -0.584. The van der Waals surface area contributed by atoms with Crippen LogP contribution in [0.1, 0.15) is 13.8 Å². The number of hydrogen-bond donors (Lipinski definition) is 2. The number of ether oxygens (including phenoxy) is 1. The Kier molecular flexibility index (Phi) is 5.68. The molecule has 96 valence electrons. The molecule has 5 heteroatoms. The van der Waals surface area contributed by atoms with E-state index in [-0.39, 0.29) is 25.1 Å². The van der Waals surface area contributed by atoms with Gasteiger partial charge in [0.05, 0.1) is 29.5 Å². The molecular formula is C12H17ClFNO2. The maximum absolute atomic E-state index is 12.9. The molecular weight excluding hydrogens is 245 g/mol.